The first-order chi connectivity index (χ1) is 11.4. The van der Waals surface area contributed by atoms with Crippen LogP contribution in [0.15, 0.2) is 53.4 Å². The van der Waals surface area contributed by atoms with E-state index in [9.17, 15) is 13.2 Å². The van der Waals surface area contributed by atoms with Gasteiger partial charge in [-0.25, -0.2) is 13.1 Å². The van der Waals surface area contributed by atoms with Gasteiger partial charge in [0, 0.05) is 6.04 Å². The zero-order valence-corrected chi connectivity index (χ0v) is 14.0. The fourth-order valence-corrected chi connectivity index (χ4v) is 3.84. The van der Waals surface area contributed by atoms with Crippen LogP contribution in [0.3, 0.4) is 0 Å². The van der Waals surface area contributed by atoms with E-state index >= 15 is 0 Å². The number of nitrogens with one attached hydrogen (secondary N) is 2. The largest absolute Gasteiger partial charge is 0.482 e. The van der Waals surface area contributed by atoms with E-state index in [1.54, 1.807) is 6.07 Å². The van der Waals surface area contributed by atoms with Crippen molar-refractivity contribution < 1.29 is 17.9 Å². The molecule has 2 aromatic rings. The summed E-state index contributed by atoms with van der Waals surface area (Å²) in [5.74, 6) is 0.160. The van der Waals surface area contributed by atoms with Crippen molar-refractivity contribution in [3.63, 3.8) is 0 Å². The van der Waals surface area contributed by atoms with Crippen LogP contribution in [0.1, 0.15) is 12.5 Å². The zero-order chi connectivity index (χ0) is 17.2. The second-order valence-corrected chi connectivity index (χ2v) is 7.42. The second kappa shape index (κ2) is 6.62. The molecule has 0 radical (unpaired) electrons. The van der Waals surface area contributed by atoms with Crippen molar-refractivity contribution in [3.8, 4) is 5.75 Å². The molecule has 2 N–H and O–H groups in total. The molecule has 0 aromatic heterocycles. The molecule has 0 saturated carbocycles. The maximum absolute atomic E-state index is 12.5. The number of sulfonamides is 1. The molecule has 1 aliphatic rings. The Labute approximate surface area is 140 Å². The summed E-state index contributed by atoms with van der Waals surface area (Å²) in [5, 5.41) is 2.61. The number of benzene rings is 2. The lowest BCUT2D eigenvalue weighted by Gasteiger charge is -2.19. The minimum atomic E-state index is -3.69. The molecule has 1 aliphatic heterocycles. The van der Waals surface area contributed by atoms with Crippen LogP contribution in [0.4, 0.5) is 5.69 Å². The Bertz CT molecular complexity index is 850. The van der Waals surface area contributed by atoms with Gasteiger partial charge in [-0.2, -0.15) is 0 Å². The quantitative estimate of drug-likeness (QED) is 0.866. The molecule has 0 spiro atoms. The summed E-state index contributed by atoms with van der Waals surface area (Å²) >= 11 is 0. The second-order valence-electron chi connectivity index (χ2n) is 5.71. The van der Waals surface area contributed by atoms with E-state index in [1.807, 2.05) is 37.3 Å². The van der Waals surface area contributed by atoms with Gasteiger partial charge in [0.05, 0.1) is 10.6 Å². The first-order valence-corrected chi connectivity index (χ1v) is 9.05. The number of fused-ring (bicyclic) bond motifs is 1. The zero-order valence-electron chi connectivity index (χ0n) is 13.2. The molecule has 1 heterocycles. The van der Waals surface area contributed by atoms with Crippen molar-refractivity contribution >= 4 is 21.6 Å². The third kappa shape index (κ3) is 3.74. The molecule has 126 valence electrons. The highest BCUT2D eigenvalue weighted by Gasteiger charge is 2.22. The molecule has 3 rings (SSSR count). The van der Waals surface area contributed by atoms with Crippen molar-refractivity contribution in [2.75, 3.05) is 11.9 Å². The molecule has 1 unspecified atom stereocenters. The van der Waals surface area contributed by atoms with Crippen LogP contribution in [0.5, 0.6) is 5.75 Å². The Morgan fingerprint density at radius 1 is 1.21 bits per heavy atom. The molecule has 24 heavy (non-hydrogen) atoms. The standard InChI is InChI=1S/C17H18N2O4S/c1-12(9-13-5-3-2-4-6-13)19-24(21,22)14-7-8-16-15(10-14)18-17(20)11-23-16/h2-8,10,12,19H,9,11H2,1H3,(H,18,20). The summed E-state index contributed by atoms with van der Waals surface area (Å²) < 4.78 is 33.0. The predicted molar refractivity (Wildman–Crippen MR) is 90.5 cm³/mol. The van der Waals surface area contributed by atoms with Gasteiger partial charge >= 0.3 is 0 Å². The van der Waals surface area contributed by atoms with E-state index in [-0.39, 0.29) is 23.5 Å². The third-order valence-electron chi connectivity index (χ3n) is 3.64. The van der Waals surface area contributed by atoms with Gasteiger partial charge in [-0.15, -0.1) is 0 Å². The number of amides is 1. The van der Waals surface area contributed by atoms with Crippen LogP contribution in [-0.2, 0) is 21.2 Å². The van der Waals surface area contributed by atoms with Gasteiger partial charge < -0.3 is 10.1 Å². The number of rotatable bonds is 5. The number of ether oxygens (including phenoxy) is 1. The fourth-order valence-electron chi connectivity index (χ4n) is 2.57. The molecule has 1 atom stereocenters. The van der Waals surface area contributed by atoms with E-state index in [2.05, 4.69) is 10.0 Å². The Morgan fingerprint density at radius 3 is 2.71 bits per heavy atom. The fraction of sp³-hybridized carbons (Fsp3) is 0.235. The lowest BCUT2D eigenvalue weighted by Crippen LogP contribution is -2.34. The molecule has 0 saturated heterocycles. The average molecular weight is 346 g/mol. The van der Waals surface area contributed by atoms with Gasteiger partial charge in [-0.05, 0) is 37.1 Å². The summed E-state index contributed by atoms with van der Waals surface area (Å²) in [7, 11) is -3.69. The van der Waals surface area contributed by atoms with E-state index in [1.165, 1.54) is 12.1 Å². The maximum atomic E-state index is 12.5. The Kier molecular flexibility index (Phi) is 4.55. The molecule has 7 heteroatoms. The highest BCUT2D eigenvalue weighted by molar-refractivity contribution is 7.89. The number of hydrogen-bond donors (Lipinski definition) is 2. The Morgan fingerprint density at radius 2 is 1.96 bits per heavy atom. The van der Waals surface area contributed by atoms with Crippen LogP contribution in [0, 0.1) is 0 Å². The summed E-state index contributed by atoms with van der Waals surface area (Å²) in [6.07, 6.45) is 0.588. The van der Waals surface area contributed by atoms with Gasteiger partial charge in [-0.1, -0.05) is 30.3 Å². The maximum Gasteiger partial charge on any atom is 0.262 e. The SMILES string of the molecule is CC(Cc1ccccc1)NS(=O)(=O)c1ccc2c(c1)NC(=O)CO2. The van der Waals surface area contributed by atoms with Gasteiger partial charge in [0.2, 0.25) is 10.0 Å². The average Bonchev–Trinajstić information content (AvgIpc) is 2.54. The van der Waals surface area contributed by atoms with Crippen LogP contribution in [-0.4, -0.2) is 27.0 Å². The summed E-state index contributed by atoms with van der Waals surface area (Å²) in [5.41, 5.74) is 1.42. The topological polar surface area (TPSA) is 84.5 Å². The minimum Gasteiger partial charge on any atom is -0.482 e. The molecule has 6 nitrogen and oxygen atoms in total. The van der Waals surface area contributed by atoms with Gasteiger partial charge in [-0.3, -0.25) is 4.79 Å². The molecule has 0 bridgehead atoms. The van der Waals surface area contributed by atoms with Crippen molar-refractivity contribution in [1.29, 1.82) is 0 Å². The van der Waals surface area contributed by atoms with E-state index in [4.69, 9.17) is 4.74 Å². The minimum absolute atomic E-state index is 0.0640. The Balaban J connectivity index is 1.75. The van der Waals surface area contributed by atoms with Crippen molar-refractivity contribution in [1.82, 2.24) is 4.72 Å². The summed E-state index contributed by atoms with van der Waals surface area (Å²) in [6, 6.07) is 13.8. The van der Waals surface area contributed by atoms with Gasteiger partial charge in [0.15, 0.2) is 6.61 Å². The van der Waals surface area contributed by atoms with Gasteiger partial charge in [0.25, 0.3) is 5.91 Å². The summed E-state index contributed by atoms with van der Waals surface area (Å²) in [4.78, 5) is 11.5. The Hall–Kier alpha value is -2.38. The predicted octanol–water partition coefficient (Wildman–Crippen LogP) is 1.93. The molecule has 1 amide bonds. The molecular formula is C17H18N2O4S. The first-order valence-electron chi connectivity index (χ1n) is 7.57. The smallest absolute Gasteiger partial charge is 0.262 e. The number of carbonyl (C=O) groups is 1. The van der Waals surface area contributed by atoms with Gasteiger partial charge in [0.1, 0.15) is 5.75 Å². The van der Waals surface area contributed by atoms with Crippen molar-refractivity contribution in [2.45, 2.75) is 24.3 Å². The molecule has 2 aromatic carbocycles. The molecule has 0 fully saturated rings. The molecular weight excluding hydrogens is 328 g/mol. The third-order valence-corrected chi connectivity index (χ3v) is 5.22. The lowest BCUT2D eigenvalue weighted by molar-refractivity contribution is -0.118. The van der Waals surface area contributed by atoms with Crippen LogP contribution >= 0.6 is 0 Å². The van der Waals surface area contributed by atoms with Crippen molar-refractivity contribution in [2.24, 2.45) is 0 Å². The highest BCUT2D eigenvalue weighted by Crippen LogP contribution is 2.30. The van der Waals surface area contributed by atoms with Crippen LogP contribution in [0.25, 0.3) is 0 Å². The number of carbonyl (C=O) groups excluding carboxylic acids is 1. The highest BCUT2D eigenvalue weighted by atomic mass is 32.2. The van der Waals surface area contributed by atoms with E-state index < -0.39 is 10.0 Å². The monoisotopic (exact) mass is 346 g/mol. The number of hydrogen-bond acceptors (Lipinski definition) is 4. The lowest BCUT2D eigenvalue weighted by atomic mass is 10.1. The van der Waals surface area contributed by atoms with Crippen molar-refractivity contribution in [3.05, 3.63) is 54.1 Å². The van der Waals surface area contributed by atoms with Crippen LogP contribution < -0.4 is 14.8 Å². The molecule has 0 aliphatic carbocycles. The first kappa shape index (κ1) is 16.5. The van der Waals surface area contributed by atoms with E-state index in [0.717, 1.165) is 5.56 Å². The van der Waals surface area contributed by atoms with Crippen LogP contribution in [0.2, 0.25) is 0 Å². The normalized spacial score (nSPS) is 15.1. The summed E-state index contributed by atoms with van der Waals surface area (Å²) in [6.45, 7) is 1.75. The number of anilines is 1. The van der Waals surface area contributed by atoms with E-state index in [0.29, 0.717) is 17.9 Å².